The van der Waals surface area contributed by atoms with E-state index >= 15 is 0 Å². The monoisotopic (exact) mass is 265 g/mol. The van der Waals surface area contributed by atoms with Crippen LogP contribution in [-0.2, 0) is 11.3 Å². The summed E-state index contributed by atoms with van der Waals surface area (Å²) in [5.41, 5.74) is 0. The summed E-state index contributed by atoms with van der Waals surface area (Å²) in [7, 11) is 1.73. The Morgan fingerprint density at radius 3 is 2.95 bits per heavy atom. The highest BCUT2D eigenvalue weighted by Gasteiger charge is 2.28. The van der Waals surface area contributed by atoms with Crippen LogP contribution in [0.3, 0.4) is 0 Å². The Hall–Kier alpha value is -1.20. The minimum atomic E-state index is -0.0304. The van der Waals surface area contributed by atoms with Crippen LogP contribution in [0.15, 0.2) is 17.2 Å². The average Bonchev–Trinajstić information content (AvgIpc) is 2.90. The molecular formula is C14H23N3O2. The first-order valence-electron chi connectivity index (χ1n) is 7.02. The number of aromatic nitrogens is 2. The molecule has 106 valence electrons. The largest absolute Gasteiger partial charge is 0.373 e. The standard InChI is InChI=1S/C14H23N3O2/c1-3-9-15-10-12-16-14(17-19-12)13(18-2)11-7-5-4-6-8-11/h3,11,13,15H,1,4-10H2,2H3. The molecule has 5 nitrogen and oxygen atoms in total. The molecule has 2 rings (SSSR count). The van der Waals surface area contributed by atoms with E-state index in [4.69, 9.17) is 9.26 Å². The molecule has 0 amide bonds. The second kappa shape index (κ2) is 7.40. The third-order valence-electron chi connectivity index (χ3n) is 3.64. The Bertz CT molecular complexity index is 386. The molecule has 1 heterocycles. The van der Waals surface area contributed by atoms with E-state index in [1.165, 1.54) is 32.1 Å². The van der Waals surface area contributed by atoms with E-state index in [1.54, 1.807) is 13.2 Å². The van der Waals surface area contributed by atoms with Crippen LogP contribution >= 0.6 is 0 Å². The maximum atomic E-state index is 5.59. The highest BCUT2D eigenvalue weighted by Crippen LogP contribution is 2.35. The van der Waals surface area contributed by atoms with Crippen molar-refractivity contribution >= 4 is 0 Å². The fourth-order valence-electron chi connectivity index (χ4n) is 2.68. The minimum Gasteiger partial charge on any atom is -0.373 e. The van der Waals surface area contributed by atoms with E-state index in [9.17, 15) is 0 Å². The number of hydrogen-bond acceptors (Lipinski definition) is 5. The quantitative estimate of drug-likeness (QED) is 0.606. The number of methoxy groups -OCH3 is 1. The van der Waals surface area contributed by atoms with Gasteiger partial charge in [0.1, 0.15) is 6.10 Å². The van der Waals surface area contributed by atoms with Gasteiger partial charge in [-0.3, -0.25) is 0 Å². The third kappa shape index (κ3) is 3.88. The van der Waals surface area contributed by atoms with Crippen LogP contribution in [0.5, 0.6) is 0 Å². The van der Waals surface area contributed by atoms with Crippen LogP contribution in [0.1, 0.15) is 49.9 Å². The zero-order valence-corrected chi connectivity index (χ0v) is 11.6. The maximum Gasteiger partial charge on any atom is 0.240 e. The molecule has 1 unspecified atom stereocenters. The summed E-state index contributed by atoms with van der Waals surface area (Å²) in [6, 6.07) is 0. The molecule has 0 saturated heterocycles. The van der Waals surface area contributed by atoms with E-state index in [1.807, 2.05) is 0 Å². The molecule has 1 saturated carbocycles. The highest BCUT2D eigenvalue weighted by molar-refractivity contribution is 4.95. The molecule has 0 spiro atoms. The molecule has 1 aliphatic rings. The number of rotatable bonds is 7. The lowest BCUT2D eigenvalue weighted by atomic mass is 9.85. The first kappa shape index (κ1) is 14.2. The van der Waals surface area contributed by atoms with E-state index in [0.717, 1.165) is 6.54 Å². The van der Waals surface area contributed by atoms with E-state index in [2.05, 4.69) is 22.0 Å². The molecule has 1 atom stereocenters. The molecule has 0 bridgehead atoms. The second-order valence-corrected chi connectivity index (χ2v) is 5.02. The molecular weight excluding hydrogens is 242 g/mol. The normalized spacial score (nSPS) is 18.4. The van der Waals surface area contributed by atoms with Gasteiger partial charge in [-0.05, 0) is 18.8 Å². The highest BCUT2D eigenvalue weighted by atomic mass is 16.5. The first-order valence-corrected chi connectivity index (χ1v) is 7.02. The fraction of sp³-hybridized carbons (Fsp3) is 0.714. The summed E-state index contributed by atoms with van der Waals surface area (Å²) in [6.45, 7) is 4.95. The molecule has 1 fully saturated rings. The zero-order valence-electron chi connectivity index (χ0n) is 11.6. The van der Waals surface area contributed by atoms with E-state index in [0.29, 0.717) is 24.2 Å². The van der Waals surface area contributed by atoms with Gasteiger partial charge in [0.15, 0.2) is 0 Å². The van der Waals surface area contributed by atoms with E-state index in [-0.39, 0.29) is 6.10 Å². The zero-order chi connectivity index (χ0) is 13.5. The topological polar surface area (TPSA) is 60.2 Å². The first-order chi connectivity index (χ1) is 9.35. The molecule has 5 heteroatoms. The van der Waals surface area contributed by atoms with Gasteiger partial charge in [-0.1, -0.05) is 30.5 Å². The lowest BCUT2D eigenvalue weighted by Crippen LogP contribution is -2.19. The molecule has 0 aliphatic heterocycles. The van der Waals surface area contributed by atoms with Crippen molar-refractivity contribution in [2.45, 2.75) is 44.8 Å². The van der Waals surface area contributed by atoms with Gasteiger partial charge >= 0.3 is 0 Å². The number of ether oxygens (including phenoxy) is 1. The van der Waals surface area contributed by atoms with Crippen LogP contribution < -0.4 is 5.32 Å². The van der Waals surface area contributed by atoms with Gasteiger partial charge in [0, 0.05) is 13.7 Å². The Morgan fingerprint density at radius 1 is 1.47 bits per heavy atom. The Morgan fingerprint density at radius 2 is 2.26 bits per heavy atom. The SMILES string of the molecule is C=CCNCc1nc(C(OC)C2CCCCC2)no1. The smallest absolute Gasteiger partial charge is 0.240 e. The molecule has 1 N–H and O–H groups in total. The number of hydrogen-bond donors (Lipinski definition) is 1. The Labute approximate surface area is 114 Å². The molecule has 19 heavy (non-hydrogen) atoms. The van der Waals surface area contributed by atoms with Gasteiger partial charge in [-0.25, -0.2) is 0 Å². The molecule has 1 aromatic heterocycles. The van der Waals surface area contributed by atoms with Crippen molar-refractivity contribution in [1.29, 1.82) is 0 Å². The van der Waals surface area contributed by atoms with Crippen LogP contribution in [0, 0.1) is 5.92 Å². The fourth-order valence-corrected chi connectivity index (χ4v) is 2.68. The van der Waals surface area contributed by atoms with Gasteiger partial charge in [-0.15, -0.1) is 6.58 Å². The van der Waals surface area contributed by atoms with Gasteiger partial charge in [0.2, 0.25) is 11.7 Å². The Balaban J connectivity index is 1.95. The van der Waals surface area contributed by atoms with Crippen molar-refractivity contribution in [3.8, 4) is 0 Å². The van der Waals surface area contributed by atoms with Crippen molar-refractivity contribution in [1.82, 2.24) is 15.5 Å². The van der Waals surface area contributed by atoms with Gasteiger partial charge in [-0.2, -0.15) is 4.98 Å². The van der Waals surface area contributed by atoms with Gasteiger partial charge in [0.05, 0.1) is 6.54 Å². The lowest BCUT2D eigenvalue weighted by Gasteiger charge is -2.26. The summed E-state index contributed by atoms with van der Waals surface area (Å²) in [5, 5.41) is 7.21. The number of nitrogens with one attached hydrogen (secondary N) is 1. The predicted octanol–water partition coefficient (Wildman–Crippen LogP) is 2.61. The third-order valence-corrected chi connectivity index (χ3v) is 3.64. The van der Waals surface area contributed by atoms with Crippen LogP contribution in [0.4, 0.5) is 0 Å². The predicted molar refractivity (Wildman–Crippen MR) is 72.5 cm³/mol. The van der Waals surface area contributed by atoms with Crippen molar-refractivity contribution in [3.05, 3.63) is 24.4 Å². The summed E-state index contributed by atoms with van der Waals surface area (Å²) in [6.07, 6.45) is 8.03. The molecule has 0 aromatic carbocycles. The van der Waals surface area contributed by atoms with Crippen molar-refractivity contribution in [2.24, 2.45) is 5.92 Å². The lowest BCUT2D eigenvalue weighted by molar-refractivity contribution is 0.0273. The van der Waals surface area contributed by atoms with Gasteiger partial charge < -0.3 is 14.6 Å². The summed E-state index contributed by atoms with van der Waals surface area (Å²) in [4.78, 5) is 4.43. The maximum absolute atomic E-state index is 5.59. The summed E-state index contributed by atoms with van der Waals surface area (Å²) < 4.78 is 10.8. The summed E-state index contributed by atoms with van der Waals surface area (Å²) >= 11 is 0. The average molecular weight is 265 g/mol. The van der Waals surface area contributed by atoms with Crippen molar-refractivity contribution < 1.29 is 9.26 Å². The molecule has 1 aromatic rings. The molecule has 1 aliphatic carbocycles. The minimum absolute atomic E-state index is 0.0304. The Kier molecular flexibility index (Phi) is 5.54. The molecule has 0 radical (unpaired) electrons. The van der Waals surface area contributed by atoms with Crippen molar-refractivity contribution in [3.63, 3.8) is 0 Å². The van der Waals surface area contributed by atoms with Gasteiger partial charge in [0.25, 0.3) is 0 Å². The van der Waals surface area contributed by atoms with E-state index < -0.39 is 0 Å². The van der Waals surface area contributed by atoms with Crippen LogP contribution in [0.2, 0.25) is 0 Å². The number of nitrogens with zero attached hydrogens (tertiary/aromatic N) is 2. The van der Waals surface area contributed by atoms with Crippen LogP contribution in [-0.4, -0.2) is 23.8 Å². The summed E-state index contributed by atoms with van der Waals surface area (Å²) in [5.74, 6) is 1.81. The van der Waals surface area contributed by atoms with Crippen molar-refractivity contribution in [2.75, 3.05) is 13.7 Å². The second-order valence-electron chi connectivity index (χ2n) is 5.02. The van der Waals surface area contributed by atoms with Crippen LogP contribution in [0.25, 0.3) is 0 Å².